The molecule has 1 heterocycles. The van der Waals surface area contributed by atoms with E-state index in [-0.39, 0.29) is 5.91 Å². The molecule has 0 spiro atoms. The van der Waals surface area contributed by atoms with E-state index in [0.717, 1.165) is 16.6 Å². The number of H-pyrrole nitrogens is 1. The van der Waals surface area contributed by atoms with Crippen LogP contribution in [0.1, 0.15) is 5.56 Å². The van der Waals surface area contributed by atoms with Crippen molar-refractivity contribution in [3.63, 3.8) is 0 Å². The van der Waals surface area contributed by atoms with Crippen LogP contribution in [0.15, 0.2) is 24.5 Å². The molecule has 1 atom stereocenters. The van der Waals surface area contributed by atoms with Gasteiger partial charge in [0.05, 0.1) is 23.4 Å². The van der Waals surface area contributed by atoms with Crippen LogP contribution in [0.4, 0.5) is 0 Å². The van der Waals surface area contributed by atoms with Gasteiger partial charge >= 0.3 is 0 Å². The zero-order chi connectivity index (χ0) is 11.5. The lowest BCUT2D eigenvalue weighted by Crippen LogP contribution is -2.45. The Morgan fingerprint density at radius 3 is 3.12 bits per heavy atom. The van der Waals surface area contributed by atoms with Crippen molar-refractivity contribution in [1.29, 1.82) is 0 Å². The van der Waals surface area contributed by atoms with Gasteiger partial charge < -0.3 is 10.7 Å². The Hall–Kier alpha value is -1.92. The number of aromatic amines is 1. The summed E-state index contributed by atoms with van der Waals surface area (Å²) in [4.78, 5) is 18.3. The van der Waals surface area contributed by atoms with Gasteiger partial charge in [0, 0.05) is 0 Å². The highest BCUT2D eigenvalue weighted by molar-refractivity contribution is 5.81. The summed E-state index contributed by atoms with van der Waals surface area (Å²) in [5, 5.41) is 0. The van der Waals surface area contributed by atoms with Gasteiger partial charge in [-0.3, -0.25) is 10.2 Å². The fourth-order valence-electron chi connectivity index (χ4n) is 1.56. The van der Waals surface area contributed by atoms with E-state index in [4.69, 9.17) is 11.6 Å². The van der Waals surface area contributed by atoms with Crippen LogP contribution in [-0.4, -0.2) is 21.9 Å². The van der Waals surface area contributed by atoms with Crippen molar-refractivity contribution in [2.75, 3.05) is 0 Å². The highest BCUT2D eigenvalue weighted by atomic mass is 16.2. The van der Waals surface area contributed by atoms with Gasteiger partial charge in [-0.25, -0.2) is 10.8 Å². The molecule has 0 aliphatic carbocycles. The summed E-state index contributed by atoms with van der Waals surface area (Å²) >= 11 is 0. The SMILES string of the molecule is NNC(=O)C(N)Cc1ccc2nc[nH]c2c1. The standard InChI is InChI=1S/C10H13N5O/c11-7(10(16)15-12)3-6-1-2-8-9(4-6)14-5-13-8/h1-2,4-5,7H,3,11-12H2,(H,13,14)(H,15,16). The van der Waals surface area contributed by atoms with Crippen molar-refractivity contribution in [1.82, 2.24) is 15.4 Å². The molecule has 84 valence electrons. The quantitative estimate of drug-likeness (QED) is 0.314. The predicted molar refractivity (Wildman–Crippen MR) is 60.1 cm³/mol. The highest BCUT2D eigenvalue weighted by Crippen LogP contribution is 2.12. The number of rotatable bonds is 3. The molecule has 6 N–H and O–H groups in total. The summed E-state index contributed by atoms with van der Waals surface area (Å²) in [5.74, 6) is 4.63. The molecule has 0 aliphatic rings. The number of nitrogens with zero attached hydrogens (tertiary/aromatic N) is 1. The normalized spacial score (nSPS) is 12.6. The number of amides is 1. The lowest BCUT2D eigenvalue weighted by Gasteiger charge is -2.09. The van der Waals surface area contributed by atoms with Gasteiger partial charge in [-0.2, -0.15) is 0 Å². The largest absolute Gasteiger partial charge is 0.345 e. The molecule has 2 rings (SSSR count). The second-order valence-electron chi connectivity index (χ2n) is 3.57. The number of hydrazine groups is 1. The third-order valence-electron chi connectivity index (χ3n) is 2.42. The van der Waals surface area contributed by atoms with Crippen molar-refractivity contribution in [3.05, 3.63) is 30.1 Å². The van der Waals surface area contributed by atoms with Gasteiger partial charge in [-0.15, -0.1) is 0 Å². The molecule has 1 aromatic carbocycles. The molecule has 16 heavy (non-hydrogen) atoms. The molecule has 0 bridgehead atoms. The lowest BCUT2D eigenvalue weighted by molar-refractivity contribution is -0.122. The number of carbonyl (C=O) groups is 1. The van der Waals surface area contributed by atoms with Crippen molar-refractivity contribution in [2.45, 2.75) is 12.5 Å². The zero-order valence-electron chi connectivity index (χ0n) is 8.60. The van der Waals surface area contributed by atoms with Gasteiger partial charge in [0.2, 0.25) is 0 Å². The maximum Gasteiger partial charge on any atom is 0.251 e. The molecule has 0 fully saturated rings. The van der Waals surface area contributed by atoms with Crippen LogP contribution in [0, 0.1) is 0 Å². The second-order valence-corrected chi connectivity index (χ2v) is 3.57. The molecule has 6 nitrogen and oxygen atoms in total. The number of nitrogens with one attached hydrogen (secondary N) is 2. The Morgan fingerprint density at radius 2 is 2.38 bits per heavy atom. The summed E-state index contributed by atoms with van der Waals surface area (Å²) in [5.41, 5.74) is 10.5. The van der Waals surface area contributed by atoms with Gasteiger partial charge in [-0.05, 0) is 24.1 Å². The van der Waals surface area contributed by atoms with Crippen molar-refractivity contribution >= 4 is 16.9 Å². The molecular weight excluding hydrogens is 206 g/mol. The Balaban J connectivity index is 2.17. The molecule has 1 aromatic heterocycles. The molecule has 6 heteroatoms. The topological polar surface area (TPSA) is 110 Å². The smallest absolute Gasteiger partial charge is 0.251 e. The fraction of sp³-hybridized carbons (Fsp3) is 0.200. The highest BCUT2D eigenvalue weighted by Gasteiger charge is 2.12. The number of hydrogen-bond acceptors (Lipinski definition) is 4. The maximum absolute atomic E-state index is 11.1. The van der Waals surface area contributed by atoms with Gasteiger partial charge in [0.1, 0.15) is 0 Å². The van der Waals surface area contributed by atoms with E-state index in [9.17, 15) is 4.79 Å². The number of carbonyl (C=O) groups excluding carboxylic acids is 1. The molecule has 0 aliphatic heterocycles. The third kappa shape index (κ3) is 2.02. The Labute approximate surface area is 92.0 Å². The zero-order valence-corrected chi connectivity index (χ0v) is 8.60. The van der Waals surface area contributed by atoms with E-state index >= 15 is 0 Å². The first-order valence-electron chi connectivity index (χ1n) is 4.89. The molecule has 1 unspecified atom stereocenters. The number of fused-ring (bicyclic) bond motifs is 1. The average Bonchev–Trinajstić information content (AvgIpc) is 2.75. The van der Waals surface area contributed by atoms with Gasteiger partial charge in [0.15, 0.2) is 0 Å². The molecule has 0 saturated heterocycles. The van der Waals surface area contributed by atoms with E-state index in [1.165, 1.54) is 0 Å². The summed E-state index contributed by atoms with van der Waals surface area (Å²) in [6.07, 6.45) is 2.07. The summed E-state index contributed by atoms with van der Waals surface area (Å²) in [7, 11) is 0. The minimum Gasteiger partial charge on any atom is -0.345 e. The van der Waals surface area contributed by atoms with Gasteiger partial charge in [0.25, 0.3) is 5.91 Å². The Morgan fingerprint density at radius 1 is 1.56 bits per heavy atom. The summed E-state index contributed by atoms with van der Waals surface area (Å²) < 4.78 is 0. The van der Waals surface area contributed by atoms with Crippen molar-refractivity contribution in [2.24, 2.45) is 11.6 Å². The van der Waals surface area contributed by atoms with Crippen LogP contribution in [0.2, 0.25) is 0 Å². The third-order valence-corrected chi connectivity index (χ3v) is 2.42. The van der Waals surface area contributed by atoms with Crippen LogP contribution in [0.25, 0.3) is 11.0 Å². The maximum atomic E-state index is 11.1. The van der Waals surface area contributed by atoms with E-state index < -0.39 is 6.04 Å². The molecule has 2 aromatic rings. The minimum atomic E-state index is -0.634. The number of hydrogen-bond donors (Lipinski definition) is 4. The first-order chi connectivity index (χ1) is 7.70. The Kier molecular flexibility index (Phi) is 2.84. The number of nitrogens with two attached hydrogens (primary N) is 2. The monoisotopic (exact) mass is 219 g/mol. The molecule has 0 saturated carbocycles. The predicted octanol–water partition coefficient (Wildman–Crippen LogP) is -0.577. The first kappa shape index (κ1) is 10.6. The minimum absolute atomic E-state index is 0.371. The van der Waals surface area contributed by atoms with Crippen LogP contribution in [-0.2, 0) is 11.2 Å². The first-order valence-corrected chi connectivity index (χ1v) is 4.89. The summed E-state index contributed by atoms with van der Waals surface area (Å²) in [6.45, 7) is 0. The fourth-order valence-corrected chi connectivity index (χ4v) is 1.56. The van der Waals surface area contributed by atoms with Gasteiger partial charge in [-0.1, -0.05) is 6.07 Å². The van der Waals surface area contributed by atoms with E-state index in [0.29, 0.717) is 6.42 Å². The lowest BCUT2D eigenvalue weighted by atomic mass is 10.1. The Bertz CT molecular complexity index is 507. The molecule has 0 radical (unpaired) electrons. The van der Waals surface area contributed by atoms with Crippen molar-refractivity contribution in [3.8, 4) is 0 Å². The summed E-state index contributed by atoms with van der Waals surface area (Å²) in [6, 6.07) is 5.07. The number of benzene rings is 1. The average molecular weight is 219 g/mol. The van der Waals surface area contributed by atoms with E-state index in [1.807, 2.05) is 23.6 Å². The number of aromatic nitrogens is 2. The van der Waals surface area contributed by atoms with E-state index in [1.54, 1.807) is 6.33 Å². The number of imidazole rings is 1. The van der Waals surface area contributed by atoms with Crippen LogP contribution >= 0.6 is 0 Å². The second kappa shape index (κ2) is 4.30. The molecule has 1 amide bonds. The van der Waals surface area contributed by atoms with E-state index in [2.05, 4.69) is 9.97 Å². The van der Waals surface area contributed by atoms with Crippen LogP contribution in [0.5, 0.6) is 0 Å². The van der Waals surface area contributed by atoms with Crippen LogP contribution in [0.3, 0.4) is 0 Å². The molecular formula is C10H13N5O. The van der Waals surface area contributed by atoms with Crippen molar-refractivity contribution < 1.29 is 4.79 Å². The van der Waals surface area contributed by atoms with Crippen LogP contribution < -0.4 is 17.0 Å².